The summed E-state index contributed by atoms with van der Waals surface area (Å²) in [5.41, 5.74) is 8.48. The van der Waals surface area contributed by atoms with E-state index in [0.717, 1.165) is 27.4 Å². The van der Waals surface area contributed by atoms with E-state index in [4.69, 9.17) is 17.3 Å². The van der Waals surface area contributed by atoms with Gasteiger partial charge in [0.2, 0.25) is 5.91 Å². The number of halogens is 1. The zero-order valence-corrected chi connectivity index (χ0v) is 12.9. The predicted octanol–water partition coefficient (Wildman–Crippen LogP) is 3.58. The van der Waals surface area contributed by atoms with Crippen molar-refractivity contribution < 1.29 is 4.79 Å². The number of fused-ring (bicyclic) bond motifs is 1. The largest absolute Gasteiger partial charge is 0.375 e. The van der Waals surface area contributed by atoms with Gasteiger partial charge in [0, 0.05) is 15.5 Å². The number of nitrogens with zero attached hydrogens (tertiary/aromatic N) is 1. The van der Waals surface area contributed by atoms with E-state index in [-0.39, 0.29) is 5.91 Å². The molecule has 0 aliphatic carbocycles. The van der Waals surface area contributed by atoms with Crippen LogP contribution < -0.4 is 11.1 Å². The van der Waals surface area contributed by atoms with E-state index in [0.29, 0.717) is 10.2 Å². The van der Waals surface area contributed by atoms with Gasteiger partial charge in [0.25, 0.3) is 0 Å². The highest BCUT2D eigenvalue weighted by molar-refractivity contribution is 7.15. The average molecular weight is 308 g/mol. The molecule has 0 atom stereocenters. The SMILES string of the molecule is Cc1sc(N)nc1-c1cc(Cl)cc2c1NC(=O)C2(C)C. The third-order valence-electron chi connectivity index (χ3n) is 3.65. The Morgan fingerprint density at radius 3 is 2.70 bits per heavy atom. The van der Waals surface area contributed by atoms with E-state index in [1.54, 1.807) is 0 Å². The Labute approximate surface area is 126 Å². The molecular formula is C14H14ClN3OS. The van der Waals surface area contributed by atoms with Crippen molar-refractivity contribution >= 4 is 39.7 Å². The third kappa shape index (κ3) is 1.81. The molecule has 0 spiro atoms. The van der Waals surface area contributed by atoms with Gasteiger partial charge in [-0.2, -0.15) is 0 Å². The first-order valence-electron chi connectivity index (χ1n) is 6.19. The molecule has 1 amide bonds. The van der Waals surface area contributed by atoms with Crippen LogP contribution in [0, 0.1) is 6.92 Å². The first kappa shape index (κ1) is 13.4. The number of aromatic nitrogens is 1. The van der Waals surface area contributed by atoms with Gasteiger partial charge in [-0.15, -0.1) is 11.3 Å². The summed E-state index contributed by atoms with van der Waals surface area (Å²) in [4.78, 5) is 17.5. The highest BCUT2D eigenvalue weighted by Gasteiger charge is 2.40. The topological polar surface area (TPSA) is 68.0 Å². The molecule has 20 heavy (non-hydrogen) atoms. The first-order chi connectivity index (χ1) is 9.30. The molecular weight excluding hydrogens is 294 g/mol. The molecule has 0 saturated heterocycles. The standard InChI is InChI=1S/C14H14ClN3OS/c1-6-10(18-13(16)20-6)8-4-7(15)5-9-11(8)17-12(19)14(9,2)3/h4-5H,1-3H3,(H2,16,18)(H,17,19). The van der Waals surface area contributed by atoms with Crippen molar-refractivity contribution in [3.8, 4) is 11.3 Å². The maximum Gasteiger partial charge on any atom is 0.234 e. The number of nitrogens with one attached hydrogen (secondary N) is 1. The van der Waals surface area contributed by atoms with Gasteiger partial charge in [-0.1, -0.05) is 11.6 Å². The lowest BCUT2D eigenvalue weighted by Gasteiger charge is -2.15. The number of nitrogen functional groups attached to an aromatic ring is 1. The fourth-order valence-corrected chi connectivity index (χ4v) is 3.40. The zero-order chi connectivity index (χ0) is 14.7. The second kappa shape index (κ2) is 4.20. The Hall–Kier alpha value is -1.59. The lowest BCUT2D eigenvalue weighted by Crippen LogP contribution is -2.26. The lowest BCUT2D eigenvalue weighted by molar-refractivity contribution is -0.119. The number of hydrogen-bond acceptors (Lipinski definition) is 4. The van der Waals surface area contributed by atoms with Crippen molar-refractivity contribution in [2.24, 2.45) is 0 Å². The molecule has 0 fully saturated rings. The molecule has 2 aromatic rings. The maximum atomic E-state index is 12.1. The minimum absolute atomic E-state index is 0.0307. The van der Waals surface area contributed by atoms with E-state index < -0.39 is 5.41 Å². The fraction of sp³-hybridized carbons (Fsp3) is 0.286. The molecule has 0 bridgehead atoms. The number of amides is 1. The van der Waals surface area contributed by atoms with Crippen LogP contribution in [0.3, 0.4) is 0 Å². The molecule has 1 aromatic carbocycles. The number of thiazole rings is 1. The van der Waals surface area contributed by atoms with E-state index in [1.807, 2.05) is 32.9 Å². The minimum Gasteiger partial charge on any atom is -0.375 e. The van der Waals surface area contributed by atoms with Gasteiger partial charge in [0.05, 0.1) is 16.8 Å². The Balaban J connectivity index is 2.30. The minimum atomic E-state index is -0.593. The van der Waals surface area contributed by atoms with E-state index in [9.17, 15) is 4.79 Å². The van der Waals surface area contributed by atoms with Crippen LogP contribution in [-0.4, -0.2) is 10.9 Å². The molecule has 2 heterocycles. The predicted molar refractivity (Wildman–Crippen MR) is 83.4 cm³/mol. The zero-order valence-electron chi connectivity index (χ0n) is 11.4. The number of benzene rings is 1. The molecule has 4 nitrogen and oxygen atoms in total. The number of rotatable bonds is 1. The van der Waals surface area contributed by atoms with Gasteiger partial charge in [-0.25, -0.2) is 4.98 Å². The summed E-state index contributed by atoms with van der Waals surface area (Å²) in [7, 11) is 0. The summed E-state index contributed by atoms with van der Waals surface area (Å²) < 4.78 is 0. The molecule has 6 heteroatoms. The maximum absolute atomic E-state index is 12.1. The Kier molecular flexibility index (Phi) is 2.81. The van der Waals surface area contributed by atoms with Gasteiger partial charge < -0.3 is 11.1 Å². The molecule has 0 saturated carbocycles. The number of carbonyl (C=O) groups excluding carboxylic acids is 1. The Bertz CT molecular complexity index is 736. The second-order valence-corrected chi connectivity index (χ2v) is 7.08. The summed E-state index contributed by atoms with van der Waals surface area (Å²) in [5, 5.41) is 4.05. The molecule has 1 aliphatic heterocycles. The van der Waals surface area contributed by atoms with Crippen LogP contribution in [0.15, 0.2) is 12.1 Å². The van der Waals surface area contributed by atoms with Crippen molar-refractivity contribution in [3.63, 3.8) is 0 Å². The first-order valence-corrected chi connectivity index (χ1v) is 7.39. The number of carbonyl (C=O) groups is 1. The lowest BCUT2D eigenvalue weighted by atomic mass is 9.85. The molecule has 104 valence electrons. The van der Waals surface area contributed by atoms with Crippen LogP contribution in [-0.2, 0) is 10.2 Å². The van der Waals surface area contributed by atoms with E-state index in [2.05, 4.69) is 10.3 Å². The summed E-state index contributed by atoms with van der Waals surface area (Å²) in [6.07, 6.45) is 0. The van der Waals surface area contributed by atoms with Crippen molar-refractivity contribution in [1.82, 2.24) is 4.98 Å². The van der Waals surface area contributed by atoms with Crippen molar-refractivity contribution in [2.75, 3.05) is 11.1 Å². The molecule has 1 aromatic heterocycles. The van der Waals surface area contributed by atoms with E-state index in [1.165, 1.54) is 11.3 Å². The third-order valence-corrected chi connectivity index (χ3v) is 4.67. The fourth-order valence-electron chi connectivity index (χ4n) is 2.48. The van der Waals surface area contributed by atoms with Crippen molar-refractivity contribution in [3.05, 3.63) is 27.6 Å². The number of hydrogen-bond donors (Lipinski definition) is 2. The number of aryl methyl sites for hydroxylation is 1. The van der Waals surface area contributed by atoms with Crippen LogP contribution in [0.2, 0.25) is 5.02 Å². The summed E-state index contributed by atoms with van der Waals surface area (Å²) in [6.45, 7) is 5.73. The van der Waals surface area contributed by atoms with Gasteiger partial charge in [-0.3, -0.25) is 4.79 Å². The Morgan fingerprint density at radius 2 is 2.10 bits per heavy atom. The highest BCUT2D eigenvalue weighted by Crippen LogP contribution is 2.45. The summed E-state index contributed by atoms with van der Waals surface area (Å²) in [6, 6.07) is 3.66. The van der Waals surface area contributed by atoms with Gasteiger partial charge >= 0.3 is 0 Å². The van der Waals surface area contributed by atoms with Gasteiger partial charge in [-0.05, 0) is 38.5 Å². The van der Waals surface area contributed by atoms with E-state index >= 15 is 0 Å². The molecule has 1 aliphatic rings. The monoisotopic (exact) mass is 307 g/mol. The smallest absolute Gasteiger partial charge is 0.234 e. The van der Waals surface area contributed by atoms with Crippen LogP contribution in [0.5, 0.6) is 0 Å². The van der Waals surface area contributed by atoms with Crippen LogP contribution in [0.4, 0.5) is 10.8 Å². The number of nitrogens with two attached hydrogens (primary N) is 1. The summed E-state index contributed by atoms with van der Waals surface area (Å²) in [5.74, 6) is -0.0307. The van der Waals surface area contributed by atoms with Crippen LogP contribution >= 0.6 is 22.9 Å². The Morgan fingerprint density at radius 1 is 1.40 bits per heavy atom. The van der Waals surface area contributed by atoms with Gasteiger partial charge in [0.1, 0.15) is 0 Å². The normalized spacial score (nSPS) is 16.1. The number of anilines is 2. The summed E-state index contributed by atoms with van der Waals surface area (Å²) >= 11 is 7.64. The average Bonchev–Trinajstić information content (AvgIpc) is 2.79. The van der Waals surface area contributed by atoms with Crippen LogP contribution in [0.1, 0.15) is 24.3 Å². The quantitative estimate of drug-likeness (QED) is 0.846. The molecule has 3 rings (SSSR count). The van der Waals surface area contributed by atoms with Crippen molar-refractivity contribution in [1.29, 1.82) is 0 Å². The molecule has 0 radical (unpaired) electrons. The van der Waals surface area contributed by atoms with Crippen molar-refractivity contribution in [2.45, 2.75) is 26.2 Å². The highest BCUT2D eigenvalue weighted by atomic mass is 35.5. The van der Waals surface area contributed by atoms with Crippen LogP contribution in [0.25, 0.3) is 11.3 Å². The second-order valence-electron chi connectivity index (χ2n) is 5.41. The molecule has 0 unspecified atom stereocenters. The van der Waals surface area contributed by atoms with Gasteiger partial charge in [0.15, 0.2) is 5.13 Å². The molecule has 3 N–H and O–H groups in total.